The van der Waals surface area contributed by atoms with Crippen LogP contribution in [0.25, 0.3) is 0 Å². The van der Waals surface area contributed by atoms with Crippen molar-refractivity contribution in [3.05, 3.63) is 29.3 Å². The summed E-state index contributed by atoms with van der Waals surface area (Å²) in [7, 11) is 0. The lowest BCUT2D eigenvalue weighted by Gasteiger charge is -2.19. The van der Waals surface area contributed by atoms with E-state index in [1.807, 2.05) is 32.9 Å². The van der Waals surface area contributed by atoms with Gasteiger partial charge < -0.3 is 4.74 Å². The van der Waals surface area contributed by atoms with Crippen LogP contribution < -0.4 is 4.74 Å². The maximum atomic E-state index is 11.8. The van der Waals surface area contributed by atoms with Crippen molar-refractivity contribution in [1.29, 1.82) is 0 Å². The minimum atomic E-state index is -0.449. The van der Waals surface area contributed by atoms with Crippen molar-refractivity contribution in [2.24, 2.45) is 5.41 Å². The van der Waals surface area contributed by atoms with Gasteiger partial charge in [0.2, 0.25) is 0 Å². The standard InChI is InChI=1S/C15H20O2/c1-15(2,3)14(16)17-13-9-8-11-6-4-5-7-12(11)10-13/h8-10H,4-7H2,1-3H3. The van der Waals surface area contributed by atoms with Crippen LogP contribution in [0.1, 0.15) is 44.7 Å². The van der Waals surface area contributed by atoms with Crippen LogP contribution in [0.15, 0.2) is 18.2 Å². The van der Waals surface area contributed by atoms with Gasteiger partial charge in [0.05, 0.1) is 5.41 Å². The molecule has 0 bridgehead atoms. The van der Waals surface area contributed by atoms with E-state index in [2.05, 4.69) is 6.07 Å². The number of esters is 1. The molecule has 92 valence electrons. The summed E-state index contributed by atoms with van der Waals surface area (Å²) >= 11 is 0. The van der Waals surface area contributed by atoms with Gasteiger partial charge in [-0.05, 0) is 69.7 Å². The Bertz CT molecular complexity index is 427. The lowest BCUT2D eigenvalue weighted by molar-refractivity contribution is -0.142. The highest BCUT2D eigenvalue weighted by Crippen LogP contribution is 2.26. The molecule has 0 aliphatic heterocycles. The fraction of sp³-hybridized carbons (Fsp3) is 0.533. The van der Waals surface area contributed by atoms with Crippen LogP contribution in [-0.2, 0) is 17.6 Å². The molecule has 0 saturated carbocycles. The number of carbonyl (C=O) groups is 1. The molecule has 0 fully saturated rings. The largest absolute Gasteiger partial charge is 0.426 e. The Morgan fingerprint density at radius 2 is 1.76 bits per heavy atom. The minimum absolute atomic E-state index is 0.173. The van der Waals surface area contributed by atoms with Gasteiger partial charge in [-0.25, -0.2) is 0 Å². The van der Waals surface area contributed by atoms with E-state index in [4.69, 9.17) is 4.74 Å². The first kappa shape index (κ1) is 12.2. The number of rotatable bonds is 1. The summed E-state index contributed by atoms with van der Waals surface area (Å²) in [5, 5.41) is 0. The molecule has 0 unspecified atom stereocenters. The molecular weight excluding hydrogens is 212 g/mol. The molecule has 0 radical (unpaired) electrons. The Morgan fingerprint density at radius 3 is 2.41 bits per heavy atom. The monoisotopic (exact) mass is 232 g/mol. The number of benzene rings is 1. The SMILES string of the molecule is CC(C)(C)C(=O)Oc1ccc2c(c1)CCCC2. The second-order valence-electron chi connectivity index (χ2n) is 5.78. The first-order chi connectivity index (χ1) is 7.97. The summed E-state index contributed by atoms with van der Waals surface area (Å²) in [5.41, 5.74) is 2.30. The predicted octanol–water partition coefficient (Wildman–Crippen LogP) is 3.52. The van der Waals surface area contributed by atoms with Gasteiger partial charge in [0.25, 0.3) is 0 Å². The third-order valence-electron chi connectivity index (χ3n) is 3.14. The number of ether oxygens (including phenoxy) is 1. The molecule has 0 atom stereocenters. The molecule has 1 aromatic rings. The molecule has 1 aromatic carbocycles. The van der Waals surface area contributed by atoms with Crippen LogP contribution in [0.3, 0.4) is 0 Å². The maximum absolute atomic E-state index is 11.8. The van der Waals surface area contributed by atoms with Crippen LogP contribution in [0.5, 0.6) is 5.75 Å². The first-order valence-electron chi connectivity index (χ1n) is 6.31. The molecule has 0 amide bonds. The molecule has 0 saturated heterocycles. The summed E-state index contributed by atoms with van der Waals surface area (Å²) in [6.45, 7) is 5.61. The van der Waals surface area contributed by atoms with Crippen molar-refractivity contribution in [1.82, 2.24) is 0 Å². The molecule has 2 nitrogen and oxygen atoms in total. The van der Waals surface area contributed by atoms with Crippen molar-refractivity contribution in [2.45, 2.75) is 46.5 Å². The number of fused-ring (bicyclic) bond motifs is 1. The Hall–Kier alpha value is -1.31. The molecule has 17 heavy (non-hydrogen) atoms. The van der Waals surface area contributed by atoms with Crippen LogP contribution in [0.4, 0.5) is 0 Å². The molecule has 0 N–H and O–H groups in total. The zero-order valence-electron chi connectivity index (χ0n) is 10.9. The van der Waals surface area contributed by atoms with Crippen molar-refractivity contribution >= 4 is 5.97 Å². The first-order valence-corrected chi connectivity index (χ1v) is 6.31. The van der Waals surface area contributed by atoms with E-state index in [1.165, 1.54) is 24.0 Å². The van der Waals surface area contributed by atoms with Gasteiger partial charge in [0, 0.05) is 0 Å². The van der Waals surface area contributed by atoms with Gasteiger partial charge in [-0.3, -0.25) is 4.79 Å². The fourth-order valence-electron chi connectivity index (χ4n) is 2.03. The van der Waals surface area contributed by atoms with E-state index in [9.17, 15) is 4.79 Å². The summed E-state index contributed by atoms with van der Waals surface area (Å²) in [6.07, 6.45) is 4.77. The zero-order chi connectivity index (χ0) is 12.5. The second kappa shape index (κ2) is 4.52. The van der Waals surface area contributed by atoms with E-state index in [0.717, 1.165) is 12.8 Å². The third kappa shape index (κ3) is 2.87. The highest BCUT2D eigenvalue weighted by atomic mass is 16.5. The quantitative estimate of drug-likeness (QED) is 0.547. The number of hydrogen-bond acceptors (Lipinski definition) is 2. The van der Waals surface area contributed by atoms with E-state index < -0.39 is 5.41 Å². The molecule has 0 aromatic heterocycles. The normalized spacial score (nSPS) is 15.2. The molecule has 0 heterocycles. The van der Waals surface area contributed by atoms with Crippen LogP contribution >= 0.6 is 0 Å². The number of carbonyl (C=O) groups excluding carboxylic acids is 1. The van der Waals surface area contributed by atoms with Gasteiger partial charge in [0.1, 0.15) is 5.75 Å². The van der Waals surface area contributed by atoms with Crippen LogP contribution in [0, 0.1) is 5.41 Å². The fourth-order valence-corrected chi connectivity index (χ4v) is 2.03. The lowest BCUT2D eigenvalue weighted by atomic mass is 9.91. The molecular formula is C15H20O2. The molecule has 2 heteroatoms. The lowest BCUT2D eigenvalue weighted by Crippen LogP contribution is -2.25. The van der Waals surface area contributed by atoms with Gasteiger partial charge >= 0.3 is 5.97 Å². The van der Waals surface area contributed by atoms with E-state index in [1.54, 1.807) is 0 Å². The zero-order valence-corrected chi connectivity index (χ0v) is 10.9. The number of aryl methyl sites for hydroxylation is 2. The Kier molecular flexibility index (Phi) is 3.23. The van der Waals surface area contributed by atoms with E-state index in [-0.39, 0.29) is 5.97 Å². The van der Waals surface area contributed by atoms with Gasteiger partial charge in [0.15, 0.2) is 0 Å². The summed E-state index contributed by atoms with van der Waals surface area (Å²) < 4.78 is 5.41. The topological polar surface area (TPSA) is 26.3 Å². The Balaban J connectivity index is 2.15. The smallest absolute Gasteiger partial charge is 0.316 e. The van der Waals surface area contributed by atoms with Crippen LogP contribution in [-0.4, -0.2) is 5.97 Å². The highest BCUT2D eigenvalue weighted by molar-refractivity contribution is 5.77. The second-order valence-corrected chi connectivity index (χ2v) is 5.78. The summed E-state index contributed by atoms with van der Waals surface area (Å²) in [5.74, 6) is 0.513. The summed E-state index contributed by atoms with van der Waals surface area (Å²) in [4.78, 5) is 11.8. The number of hydrogen-bond donors (Lipinski definition) is 0. The van der Waals surface area contributed by atoms with Crippen molar-refractivity contribution in [2.75, 3.05) is 0 Å². The highest BCUT2D eigenvalue weighted by Gasteiger charge is 2.24. The minimum Gasteiger partial charge on any atom is -0.426 e. The molecule has 1 aliphatic rings. The van der Waals surface area contributed by atoms with Crippen molar-refractivity contribution in [3.8, 4) is 5.75 Å². The van der Waals surface area contributed by atoms with E-state index in [0.29, 0.717) is 5.75 Å². The molecule has 1 aliphatic carbocycles. The van der Waals surface area contributed by atoms with Gasteiger partial charge in [-0.1, -0.05) is 6.07 Å². The maximum Gasteiger partial charge on any atom is 0.316 e. The average Bonchev–Trinajstić information content (AvgIpc) is 2.27. The Labute approximate surface area is 103 Å². The molecule has 2 rings (SSSR count). The summed E-state index contributed by atoms with van der Waals surface area (Å²) in [6, 6.07) is 6.03. The average molecular weight is 232 g/mol. The van der Waals surface area contributed by atoms with Crippen LogP contribution in [0.2, 0.25) is 0 Å². The third-order valence-corrected chi connectivity index (χ3v) is 3.14. The van der Waals surface area contributed by atoms with Gasteiger partial charge in [-0.15, -0.1) is 0 Å². The molecule has 0 spiro atoms. The van der Waals surface area contributed by atoms with Crippen molar-refractivity contribution < 1.29 is 9.53 Å². The van der Waals surface area contributed by atoms with Gasteiger partial charge in [-0.2, -0.15) is 0 Å². The van der Waals surface area contributed by atoms with E-state index >= 15 is 0 Å². The Morgan fingerprint density at radius 1 is 1.12 bits per heavy atom. The predicted molar refractivity (Wildman–Crippen MR) is 68.2 cm³/mol. The van der Waals surface area contributed by atoms with Crippen molar-refractivity contribution in [3.63, 3.8) is 0 Å².